The molecule has 0 amide bonds. The van der Waals surface area contributed by atoms with Gasteiger partial charge in [0, 0.05) is 7.05 Å². The van der Waals surface area contributed by atoms with Gasteiger partial charge in [-0.3, -0.25) is 0 Å². The molecule has 2 N–H and O–H groups in total. The maximum atomic E-state index is 8.89. The molecule has 0 unspecified atom stereocenters. The van der Waals surface area contributed by atoms with Gasteiger partial charge in [0.15, 0.2) is 0 Å². The molecule has 0 saturated heterocycles. The topological polar surface area (TPSA) is 71.4 Å². The molecule has 2 rings (SSSR count). The maximum absolute atomic E-state index is 8.89. The number of nitrogens with zero attached hydrogens (tertiary/aromatic N) is 2. The van der Waals surface area contributed by atoms with Crippen LogP contribution >= 0.6 is 0 Å². The Morgan fingerprint density at radius 1 is 1.59 bits per heavy atom. The van der Waals surface area contributed by atoms with Crippen LogP contribution in [0, 0.1) is 17.2 Å². The van der Waals surface area contributed by atoms with Gasteiger partial charge < -0.3 is 10.5 Å². The predicted octanol–water partition coefficient (Wildman–Crippen LogP) is 1.83. The molecule has 4 heteroatoms. The number of aliphatic imine (C=N–C) groups is 1. The van der Waals surface area contributed by atoms with Crippen molar-refractivity contribution in [3.63, 3.8) is 0 Å². The molecule has 88 valence electrons. The fraction of sp³-hybridized carbons (Fsp3) is 0.385. The van der Waals surface area contributed by atoms with Crippen LogP contribution in [-0.4, -0.2) is 13.1 Å². The average Bonchev–Trinajstić information content (AvgIpc) is 3.15. The lowest BCUT2D eigenvalue weighted by Gasteiger charge is -2.10. The average molecular weight is 229 g/mol. The zero-order valence-corrected chi connectivity index (χ0v) is 9.81. The molecule has 4 nitrogen and oxygen atoms in total. The minimum Gasteiger partial charge on any atom is -0.426 e. The van der Waals surface area contributed by atoms with Gasteiger partial charge >= 0.3 is 0 Å². The van der Waals surface area contributed by atoms with Crippen molar-refractivity contribution in [3.8, 4) is 11.8 Å². The van der Waals surface area contributed by atoms with Gasteiger partial charge in [0.1, 0.15) is 5.75 Å². The standard InChI is InChI=1S/C13H15N3O/c1-16-13(15)17-12-5-4-10(8-14)7-11(12)6-9-2-3-9/h4-5,7,9H,2-3,6H2,1H3,(H2,15,16). The van der Waals surface area contributed by atoms with Gasteiger partial charge in [0.25, 0.3) is 6.02 Å². The third-order valence-corrected chi connectivity index (χ3v) is 2.83. The summed E-state index contributed by atoms with van der Waals surface area (Å²) in [5, 5.41) is 8.89. The van der Waals surface area contributed by atoms with Crippen LogP contribution in [0.25, 0.3) is 0 Å². The normalized spacial score (nSPS) is 15.4. The number of nitriles is 1. The van der Waals surface area contributed by atoms with Crippen molar-refractivity contribution in [3.05, 3.63) is 29.3 Å². The monoisotopic (exact) mass is 229 g/mol. The van der Waals surface area contributed by atoms with E-state index in [-0.39, 0.29) is 6.02 Å². The van der Waals surface area contributed by atoms with E-state index in [1.807, 2.05) is 6.07 Å². The third-order valence-electron chi connectivity index (χ3n) is 2.83. The maximum Gasteiger partial charge on any atom is 0.287 e. The Balaban J connectivity index is 2.25. The molecule has 1 aromatic rings. The minimum atomic E-state index is 0.145. The first-order chi connectivity index (χ1) is 8.22. The number of benzene rings is 1. The van der Waals surface area contributed by atoms with E-state index in [0.717, 1.165) is 17.9 Å². The number of hydrogen-bond acceptors (Lipinski definition) is 3. The predicted molar refractivity (Wildman–Crippen MR) is 65.8 cm³/mol. The van der Waals surface area contributed by atoms with Crippen molar-refractivity contribution in [1.82, 2.24) is 0 Å². The highest BCUT2D eigenvalue weighted by Gasteiger charge is 2.23. The number of nitrogens with two attached hydrogens (primary N) is 1. The molecule has 0 aromatic heterocycles. The van der Waals surface area contributed by atoms with Crippen LogP contribution in [0.5, 0.6) is 5.75 Å². The second-order valence-corrected chi connectivity index (χ2v) is 4.25. The summed E-state index contributed by atoms with van der Waals surface area (Å²) < 4.78 is 5.44. The second-order valence-electron chi connectivity index (χ2n) is 4.25. The fourth-order valence-corrected chi connectivity index (χ4v) is 1.70. The number of rotatable bonds is 3. The molecule has 0 aliphatic heterocycles. The Labute approximate surface area is 101 Å². The molecule has 1 aliphatic rings. The number of ether oxygens (including phenoxy) is 1. The zero-order chi connectivity index (χ0) is 12.3. The van der Waals surface area contributed by atoms with Gasteiger partial charge in [0.2, 0.25) is 0 Å². The first-order valence-electron chi connectivity index (χ1n) is 5.66. The first-order valence-corrected chi connectivity index (χ1v) is 5.66. The Morgan fingerprint density at radius 3 is 2.94 bits per heavy atom. The third kappa shape index (κ3) is 2.97. The molecule has 1 aliphatic carbocycles. The van der Waals surface area contributed by atoms with Crippen LogP contribution in [0.15, 0.2) is 23.2 Å². The summed E-state index contributed by atoms with van der Waals surface area (Å²) in [6.45, 7) is 0. The largest absolute Gasteiger partial charge is 0.426 e. The molecule has 0 bridgehead atoms. The van der Waals surface area contributed by atoms with Gasteiger partial charge in [-0.1, -0.05) is 0 Å². The van der Waals surface area contributed by atoms with Crippen LogP contribution in [0.4, 0.5) is 0 Å². The second kappa shape index (κ2) is 4.88. The van der Waals surface area contributed by atoms with Crippen LogP contribution in [-0.2, 0) is 6.42 Å². The molecule has 0 spiro atoms. The van der Waals surface area contributed by atoms with Crippen molar-refractivity contribution in [2.24, 2.45) is 16.6 Å². The van der Waals surface area contributed by atoms with E-state index in [1.165, 1.54) is 12.8 Å². The summed E-state index contributed by atoms with van der Waals surface area (Å²) in [6, 6.07) is 7.67. The van der Waals surface area contributed by atoms with Crippen LogP contribution in [0.1, 0.15) is 24.0 Å². The van der Waals surface area contributed by atoms with Gasteiger partial charge in [-0.05, 0) is 48.9 Å². The highest BCUT2D eigenvalue weighted by molar-refractivity contribution is 5.74. The van der Waals surface area contributed by atoms with Crippen molar-refractivity contribution in [2.75, 3.05) is 7.05 Å². The Bertz CT molecular complexity index is 484. The van der Waals surface area contributed by atoms with E-state index in [1.54, 1.807) is 19.2 Å². The summed E-state index contributed by atoms with van der Waals surface area (Å²) in [6.07, 6.45) is 3.46. The fourth-order valence-electron chi connectivity index (χ4n) is 1.70. The van der Waals surface area contributed by atoms with E-state index in [4.69, 9.17) is 15.7 Å². The van der Waals surface area contributed by atoms with E-state index >= 15 is 0 Å². The lowest BCUT2D eigenvalue weighted by Crippen LogP contribution is -2.20. The van der Waals surface area contributed by atoms with E-state index < -0.39 is 0 Å². The van der Waals surface area contributed by atoms with Crippen molar-refractivity contribution < 1.29 is 4.74 Å². The van der Waals surface area contributed by atoms with Gasteiger partial charge in [-0.15, -0.1) is 0 Å². The summed E-state index contributed by atoms with van der Waals surface area (Å²) >= 11 is 0. The van der Waals surface area contributed by atoms with Crippen LogP contribution in [0.2, 0.25) is 0 Å². The van der Waals surface area contributed by atoms with Crippen molar-refractivity contribution in [2.45, 2.75) is 19.3 Å². The molecule has 1 fully saturated rings. The molecule has 0 heterocycles. The molecule has 1 saturated carbocycles. The molecule has 0 radical (unpaired) electrons. The summed E-state index contributed by atoms with van der Waals surface area (Å²) in [7, 11) is 1.58. The Hall–Kier alpha value is -2.02. The Morgan fingerprint density at radius 2 is 2.35 bits per heavy atom. The molecular weight excluding hydrogens is 214 g/mol. The van der Waals surface area contributed by atoms with Crippen molar-refractivity contribution >= 4 is 6.02 Å². The first kappa shape index (κ1) is 11.5. The van der Waals surface area contributed by atoms with Gasteiger partial charge in [-0.25, -0.2) is 4.99 Å². The van der Waals surface area contributed by atoms with Crippen LogP contribution in [0.3, 0.4) is 0 Å². The number of amidine groups is 1. The molecule has 0 atom stereocenters. The molecule has 1 aromatic carbocycles. The molecule has 17 heavy (non-hydrogen) atoms. The highest BCUT2D eigenvalue weighted by Crippen LogP contribution is 2.35. The summed E-state index contributed by atoms with van der Waals surface area (Å²) in [5.41, 5.74) is 7.25. The smallest absolute Gasteiger partial charge is 0.287 e. The van der Waals surface area contributed by atoms with Crippen LogP contribution < -0.4 is 10.5 Å². The van der Waals surface area contributed by atoms with Gasteiger partial charge in [-0.2, -0.15) is 5.26 Å². The highest BCUT2D eigenvalue weighted by atomic mass is 16.5. The van der Waals surface area contributed by atoms with E-state index in [9.17, 15) is 0 Å². The Kier molecular flexibility index (Phi) is 3.29. The zero-order valence-electron chi connectivity index (χ0n) is 9.81. The number of hydrogen-bond donors (Lipinski definition) is 1. The SMILES string of the molecule is CN=C(N)Oc1ccc(C#N)cc1CC1CC1. The van der Waals surface area contributed by atoms with E-state index in [2.05, 4.69) is 11.1 Å². The lowest BCUT2D eigenvalue weighted by molar-refractivity contribution is 0.530. The van der Waals surface area contributed by atoms with Gasteiger partial charge in [0.05, 0.1) is 11.6 Å². The summed E-state index contributed by atoms with van der Waals surface area (Å²) in [5.74, 6) is 1.44. The van der Waals surface area contributed by atoms with Crippen molar-refractivity contribution in [1.29, 1.82) is 5.26 Å². The minimum absolute atomic E-state index is 0.145. The quantitative estimate of drug-likeness (QED) is 0.635. The molecular formula is C13H15N3O. The summed E-state index contributed by atoms with van der Waals surface area (Å²) in [4.78, 5) is 3.77. The van der Waals surface area contributed by atoms with E-state index in [0.29, 0.717) is 11.3 Å². The lowest BCUT2D eigenvalue weighted by atomic mass is 10.0.